The van der Waals surface area contributed by atoms with Crippen LogP contribution in [0.5, 0.6) is 0 Å². The summed E-state index contributed by atoms with van der Waals surface area (Å²) in [5.41, 5.74) is 0.760. The number of halogens is 6. The monoisotopic (exact) mass is 298 g/mol. The maximum atomic E-state index is 12.3. The van der Waals surface area contributed by atoms with Gasteiger partial charge < -0.3 is 0 Å². The van der Waals surface area contributed by atoms with Crippen molar-refractivity contribution < 1.29 is 31.1 Å². The third-order valence-electron chi connectivity index (χ3n) is 2.71. The minimum absolute atomic E-state index is 0.0501. The highest BCUT2D eigenvalue weighted by Gasteiger charge is 2.60. The van der Waals surface area contributed by atoms with E-state index >= 15 is 0 Å². The molecule has 1 rings (SSSR count). The first-order valence-electron chi connectivity index (χ1n) is 5.82. The molecule has 1 aromatic carbocycles. The molecule has 0 aliphatic carbocycles. The number of hydrogen-bond donors (Lipinski definition) is 0. The van der Waals surface area contributed by atoms with E-state index in [4.69, 9.17) is 0 Å². The smallest absolute Gasteiger partial charge is 0.299 e. The van der Waals surface area contributed by atoms with Gasteiger partial charge in [-0.3, -0.25) is 4.79 Å². The lowest BCUT2D eigenvalue weighted by molar-refractivity contribution is -0.273. The van der Waals surface area contributed by atoms with E-state index in [-0.39, 0.29) is 12.8 Å². The molecular formula is C13H12F6O. The first kappa shape index (κ1) is 16.5. The molecule has 0 N–H and O–H groups in total. The molecule has 0 radical (unpaired) electrons. The third-order valence-corrected chi connectivity index (χ3v) is 2.71. The molecule has 0 aliphatic rings. The second-order valence-electron chi connectivity index (χ2n) is 4.32. The van der Waals surface area contributed by atoms with Crippen LogP contribution in [0.3, 0.4) is 0 Å². The summed E-state index contributed by atoms with van der Waals surface area (Å²) >= 11 is 0. The minimum Gasteiger partial charge on any atom is -0.299 e. The molecule has 0 heterocycles. The maximum Gasteiger partial charge on any atom is 0.407 e. The van der Waals surface area contributed by atoms with Crippen LogP contribution in [0.25, 0.3) is 0 Å². The maximum absolute atomic E-state index is 12.3. The average molecular weight is 298 g/mol. The molecule has 20 heavy (non-hydrogen) atoms. The van der Waals surface area contributed by atoms with E-state index in [1.807, 2.05) is 0 Å². The van der Waals surface area contributed by atoms with Gasteiger partial charge in [0, 0.05) is 6.42 Å². The van der Waals surface area contributed by atoms with Crippen molar-refractivity contribution in [2.24, 2.45) is 5.92 Å². The summed E-state index contributed by atoms with van der Waals surface area (Å²) in [7, 11) is 0. The molecule has 1 aromatic rings. The molecule has 0 atom stereocenters. The van der Waals surface area contributed by atoms with E-state index in [1.54, 1.807) is 30.3 Å². The van der Waals surface area contributed by atoms with E-state index in [2.05, 4.69) is 0 Å². The lowest BCUT2D eigenvalue weighted by Gasteiger charge is -2.21. The van der Waals surface area contributed by atoms with E-state index < -0.39 is 30.5 Å². The summed E-state index contributed by atoms with van der Waals surface area (Å²) in [6, 6.07) is 8.51. The zero-order valence-corrected chi connectivity index (χ0v) is 10.3. The van der Waals surface area contributed by atoms with Gasteiger partial charge in [0.1, 0.15) is 0 Å². The molecular weight excluding hydrogens is 286 g/mol. The number of hydrogen-bond acceptors (Lipinski definition) is 1. The van der Waals surface area contributed by atoms with Crippen LogP contribution >= 0.6 is 0 Å². The first-order chi connectivity index (χ1) is 9.12. The summed E-state index contributed by atoms with van der Waals surface area (Å²) < 4.78 is 73.7. The molecule has 0 aromatic heterocycles. The Balaban J connectivity index is 2.60. The van der Waals surface area contributed by atoms with Gasteiger partial charge in [-0.05, 0) is 18.4 Å². The zero-order valence-electron chi connectivity index (χ0n) is 10.3. The van der Waals surface area contributed by atoms with Gasteiger partial charge in [-0.1, -0.05) is 30.3 Å². The summed E-state index contributed by atoms with van der Waals surface area (Å²) in [6.45, 7) is 0. The fourth-order valence-electron chi connectivity index (χ4n) is 1.81. The van der Waals surface area contributed by atoms with Crippen molar-refractivity contribution in [3.63, 3.8) is 0 Å². The van der Waals surface area contributed by atoms with Gasteiger partial charge in [0.25, 0.3) is 0 Å². The normalized spacial score (nSPS) is 12.8. The van der Waals surface area contributed by atoms with Gasteiger partial charge in [-0.2, -0.15) is 26.3 Å². The zero-order chi connectivity index (χ0) is 15.4. The van der Waals surface area contributed by atoms with Gasteiger partial charge in [-0.15, -0.1) is 0 Å². The van der Waals surface area contributed by atoms with Crippen molar-refractivity contribution >= 4 is 5.78 Å². The summed E-state index contributed by atoms with van der Waals surface area (Å²) in [6.07, 6.45) is -11.7. The van der Waals surface area contributed by atoms with E-state index in [9.17, 15) is 31.1 Å². The molecule has 0 amide bonds. The van der Waals surface area contributed by atoms with E-state index in [1.165, 1.54) is 0 Å². The Morgan fingerprint density at radius 3 is 1.90 bits per heavy atom. The fourth-order valence-corrected chi connectivity index (χ4v) is 1.81. The van der Waals surface area contributed by atoms with Crippen LogP contribution in [0, 0.1) is 5.92 Å². The Kier molecular flexibility index (Phi) is 5.19. The lowest BCUT2D eigenvalue weighted by Crippen LogP contribution is -2.42. The van der Waals surface area contributed by atoms with Crippen molar-refractivity contribution in [2.45, 2.75) is 31.6 Å². The Morgan fingerprint density at radius 2 is 1.45 bits per heavy atom. The highest BCUT2D eigenvalue weighted by molar-refractivity contribution is 5.82. The largest absolute Gasteiger partial charge is 0.407 e. The first-order valence-corrected chi connectivity index (χ1v) is 5.82. The van der Waals surface area contributed by atoms with Crippen LogP contribution < -0.4 is 0 Å². The lowest BCUT2D eigenvalue weighted by atomic mass is 9.97. The van der Waals surface area contributed by atoms with Crippen molar-refractivity contribution in [1.82, 2.24) is 0 Å². The molecule has 0 saturated carbocycles. The van der Waals surface area contributed by atoms with Crippen LogP contribution in [0.15, 0.2) is 30.3 Å². The molecule has 0 fully saturated rings. The molecule has 0 bridgehead atoms. The molecule has 7 heteroatoms. The number of rotatable bonds is 5. The van der Waals surface area contributed by atoms with Gasteiger partial charge in [0.15, 0.2) is 5.78 Å². The van der Waals surface area contributed by atoms with Crippen molar-refractivity contribution in [3.8, 4) is 0 Å². The van der Waals surface area contributed by atoms with Crippen molar-refractivity contribution in [3.05, 3.63) is 35.9 Å². The number of carbonyl (C=O) groups is 1. The number of Topliss-reactive ketones (excluding diaryl/α,β-unsaturated/α-hetero) is 1. The standard InChI is InChI=1S/C13H12F6O/c14-12(15,16)11(13(17,18)19)10(20)8-4-7-9-5-2-1-3-6-9/h1-3,5-6,11H,4,7-8H2. The second-order valence-corrected chi connectivity index (χ2v) is 4.32. The number of benzene rings is 1. The van der Waals surface area contributed by atoms with Gasteiger partial charge in [-0.25, -0.2) is 0 Å². The number of alkyl halides is 6. The summed E-state index contributed by atoms with van der Waals surface area (Å²) in [5.74, 6) is -5.72. The Hall–Kier alpha value is -1.53. The molecule has 0 aliphatic heterocycles. The second kappa shape index (κ2) is 6.28. The topological polar surface area (TPSA) is 17.1 Å². The quantitative estimate of drug-likeness (QED) is 0.740. The predicted octanol–water partition coefficient (Wildman–Crippen LogP) is 4.32. The van der Waals surface area contributed by atoms with E-state index in [0.717, 1.165) is 5.56 Å². The van der Waals surface area contributed by atoms with Crippen molar-refractivity contribution in [2.75, 3.05) is 0 Å². The van der Waals surface area contributed by atoms with Crippen LogP contribution in [0.2, 0.25) is 0 Å². The average Bonchev–Trinajstić information content (AvgIpc) is 2.26. The van der Waals surface area contributed by atoms with Crippen LogP contribution in [0.4, 0.5) is 26.3 Å². The van der Waals surface area contributed by atoms with Crippen LogP contribution in [-0.4, -0.2) is 18.1 Å². The molecule has 0 spiro atoms. The SMILES string of the molecule is O=C(CCCc1ccccc1)C(C(F)(F)F)C(F)(F)F. The minimum atomic E-state index is -5.60. The Labute approximate surface area is 111 Å². The Morgan fingerprint density at radius 1 is 0.950 bits per heavy atom. The molecule has 112 valence electrons. The summed E-state index contributed by atoms with van der Waals surface area (Å²) in [5, 5.41) is 0. The van der Waals surface area contributed by atoms with E-state index in [0.29, 0.717) is 0 Å². The third kappa shape index (κ3) is 4.86. The van der Waals surface area contributed by atoms with Gasteiger partial charge in [0.05, 0.1) is 0 Å². The van der Waals surface area contributed by atoms with Crippen LogP contribution in [0.1, 0.15) is 18.4 Å². The van der Waals surface area contributed by atoms with Crippen LogP contribution in [-0.2, 0) is 11.2 Å². The molecule has 0 unspecified atom stereocenters. The molecule has 1 nitrogen and oxygen atoms in total. The Bertz CT molecular complexity index is 420. The van der Waals surface area contributed by atoms with Gasteiger partial charge in [0.2, 0.25) is 5.92 Å². The molecule has 0 saturated heterocycles. The summed E-state index contributed by atoms with van der Waals surface area (Å²) in [4.78, 5) is 11.2. The number of ketones is 1. The van der Waals surface area contributed by atoms with Crippen molar-refractivity contribution in [1.29, 1.82) is 0 Å². The highest BCUT2D eigenvalue weighted by Crippen LogP contribution is 2.40. The number of aryl methyl sites for hydroxylation is 1. The predicted molar refractivity (Wildman–Crippen MR) is 60.0 cm³/mol. The van der Waals surface area contributed by atoms with Gasteiger partial charge >= 0.3 is 12.4 Å². The highest BCUT2D eigenvalue weighted by atomic mass is 19.4. The fraction of sp³-hybridized carbons (Fsp3) is 0.462. The number of carbonyl (C=O) groups excluding carboxylic acids is 1.